The van der Waals surface area contributed by atoms with Crippen molar-refractivity contribution in [2.45, 2.75) is 100 Å². The number of nitrogens with one attached hydrogen (secondary N) is 1. The number of carboxylic acid groups (broad SMARTS) is 1. The standard InChI is InChI=1S/C25H48N2O4/c1-12-24(8,17-27(10)11)16-25(9,13-2)19(20(29)30)26-21(31)23(6,7)15-14-22(4,5)18(3)28/h19H,12-17H2,1-11H3,(H,26,31)(H,29,30)/t19-,24?,25?/m0/s1. The number of aliphatic carboxylic acids is 1. The summed E-state index contributed by atoms with van der Waals surface area (Å²) in [5, 5.41) is 12.9. The van der Waals surface area contributed by atoms with Crippen LogP contribution in [0.2, 0.25) is 0 Å². The molecule has 0 aromatic carbocycles. The molecule has 1 amide bonds. The summed E-state index contributed by atoms with van der Waals surface area (Å²) in [5.74, 6) is -1.18. The number of hydrogen-bond donors (Lipinski definition) is 2. The molecule has 6 nitrogen and oxygen atoms in total. The van der Waals surface area contributed by atoms with Crippen LogP contribution < -0.4 is 5.32 Å². The first-order valence-corrected chi connectivity index (χ1v) is 11.6. The highest BCUT2D eigenvalue weighted by Gasteiger charge is 2.45. The van der Waals surface area contributed by atoms with E-state index in [9.17, 15) is 19.5 Å². The van der Waals surface area contributed by atoms with E-state index in [1.165, 1.54) is 0 Å². The number of hydrogen-bond acceptors (Lipinski definition) is 4. The van der Waals surface area contributed by atoms with Gasteiger partial charge in [0.25, 0.3) is 0 Å². The number of nitrogens with zero attached hydrogens (tertiary/aromatic N) is 1. The van der Waals surface area contributed by atoms with E-state index in [4.69, 9.17) is 0 Å². The van der Waals surface area contributed by atoms with Crippen LogP contribution in [0.4, 0.5) is 0 Å². The zero-order chi connectivity index (χ0) is 24.8. The average Bonchev–Trinajstić information content (AvgIpc) is 2.63. The van der Waals surface area contributed by atoms with E-state index in [-0.39, 0.29) is 17.1 Å². The summed E-state index contributed by atoms with van der Waals surface area (Å²) in [4.78, 5) is 39.5. The lowest BCUT2D eigenvalue weighted by molar-refractivity contribution is -0.148. The monoisotopic (exact) mass is 440 g/mol. The molecule has 0 aliphatic heterocycles. The molecule has 3 atom stereocenters. The van der Waals surface area contributed by atoms with Gasteiger partial charge in [0.1, 0.15) is 11.8 Å². The molecule has 0 radical (unpaired) electrons. The fourth-order valence-corrected chi connectivity index (χ4v) is 4.24. The van der Waals surface area contributed by atoms with Crippen LogP contribution in [0, 0.1) is 21.7 Å². The van der Waals surface area contributed by atoms with E-state index in [0.717, 1.165) is 13.0 Å². The second kappa shape index (κ2) is 10.9. The van der Waals surface area contributed by atoms with Crippen molar-refractivity contribution in [1.82, 2.24) is 10.2 Å². The Morgan fingerprint density at radius 2 is 1.39 bits per heavy atom. The van der Waals surface area contributed by atoms with Crippen LogP contribution in [0.15, 0.2) is 0 Å². The van der Waals surface area contributed by atoms with Crippen LogP contribution in [0.25, 0.3) is 0 Å². The molecule has 0 aliphatic rings. The van der Waals surface area contributed by atoms with Crippen LogP contribution in [0.1, 0.15) is 94.4 Å². The third-order valence-corrected chi connectivity index (χ3v) is 7.35. The third-order valence-electron chi connectivity index (χ3n) is 7.35. The quantitative estimate of drug-likeness (QED) is 0.407. The molecule has 0 bridgehead atoms. The summed E-state index contributed by atoms with van der Waals surface area (Å²) >= 11 is 0. The highest BCUT2D eigenvalue weighted by Crippen LogP contribution is 2.42. The van der Waals surface area contributed by atoms with Crippen molar-refractivity contribution in [1.29, 1.82) is 0 Å². The maximum Gasteiger partial charge on any atom is 0.326 e. The predicted molar refractivity (Wildman–Crippen MR) is 127 cm³/mol. The molecule has 182 valence electrons. The van der Waals surface area contributed by atoms with Gasteiger partial charge in [0, 0.05) is 17.4 Å². The molecule has 0 saturated carbocycles. The lowest BCUT2D eigenvalue weighted by Gasteiger charge is -2.44. The smallest absolute Gasteiger partial charge is 0.326 e. The van der Waals surface area contributed by atoms with Crippen molar-refractivity contribution in [3.8, 4) is 0 Å². The van der Waals surface area contributed by atoms with E-state index in [0.29, 0.717) is 25.7 Å². The SMILES string of the molecule is CCC(C)(CN(C)C)CC(C)(CC)[C@@H](NC(=O)C(C)(C)CCC(C)(C)C(C)=O)C(=O)O. The van der Waals surface area contributed by atoms with E-state index in [2.05, 4.69) is 24.1 Å². The van der Waals surface area contributed by atoms with Gasteiger partial charge in [-0.2, -0.15) is 0 Å². The predicted octanol–water partition coefficient (Wildman–Crippen LogP) is 4.76. The number of amides is 1. The topological polar surface area (TPSA) is 86.7 Å². The average molecular weight is 441 g/mol. The molecule has 2 N–H and O–H groups in total. The first kappa shape index (κ1) is 29.6. The molecule has 0 aromatic heterocycles. The Hall–Kier alpha value is -1.43. The molecule has 0 saturated heterocycles. The van der Waals surface area contributed by atoms with Crippen molar-refractivity contribution >= 4 is 17.7 Å². The number of ketones is 1. The number of carbonyl (C=O) groups excluding carboxylic acids is 2. The summed E-state index contributed by atoms with van der Waals surface area (Å²) in [6.07, 6.45) is 3.34. The van der Waals surface area contributed by atoms with E-state index in [1.807, 2.05) is 55.6 Å². The van der Waals surface area contributed by atoms with Crippen LogP contribution in [-0.2, 0) is 14.4 Å². The van der Waals surface area contributed by atoms with Gasteiger partial charge in [0.2, 0.25) is 5.91 Å². The molecule has 31 heavy (non-hydrogen) atoms. The molecule has 0 heterocycles. The summed E-state index contributed by atoms with van der Waals surface area (Å²) in [7, 11) is 4.05. The van der Waals surface area contributed by atoms with Gasteiger partial charge in [-0.15, -0.1) is 0 Å². The molecule has 0 fully saturated rings. The highest BCUT2D eigenvalue weighted by atomic mass is 16.4. The van der Waals surface area contributed by atoms with Gasteiger partial charge in [-0.05, 0) is 64.0 Å². The minimum Gasteiger partial charge on any atom is -0.480 e. The third kappa shape index (κ3) is 8.55. The van der Waals surface area contributed by atoms with Crippen molar-refractivity contribution in [3.05, 3.63) is 0 Å². The Morgan fingerprint density at radius 3 is 1.74 bits per heavy atom. The lowest BCUT2D eigenvalue weighted by Crippen LogP contribution is -2.56. The minimum absolute atomic E-state index is 0.0618. The number of carbonyl (C=O) groups is 3. The second-order valence-corrected chi connectivity index (χ2v) is 11.7. The molecule has 0 rings (SSSR count). The van der Waals surface area contributed by atoms with Gasteiger partial charge in [-0.1, -0.05) is 55.4 Å². The van der Waals surface area contributed by atoms with Crippen molar-refractivity contribution in [2.75, 3.05) is 20.6 Å². The van der Waals surface area contributed by atoms with Gasteiger partial charge in [-0.3, -0.25) is 9.59 Å². The Morgan fingerprint density at radius 1 is 0.903 bits per heavy atom. The Labute approximate surface area is 190 Å². The Bertz CT molecular complexity index is 641. The molecule has 0 spiro atoms. The van der Waals surface area contributed by atoms with Crippen molar-refractivity contribution < 1.29 is 19.5 Å². The molecule has 0 aromatic rings. The van der Waals surface area contributed by atoms with Crippen LogP contribution in [0.3, 0.4) is 0 Å². The molecular formula is C25H48N2O4. The summed E-state index contributed by atoms with van der Waals surface area (Å²) in [6, 6.07) is -0.974. The van der Waals surface area contributed by atoms with Gasteiger partial charge in [0.15, 0.2) is 0 Å². The van der Waals surface area contributed by atoms with Gasteiger partial charge in [0.05, 0.1) is 0 Å². The van der Waals surface area contributed by atoms with Gasteiger partial charge in [-0.25, -0.2) is 4.79 Å². The number of Topliss-reactive ketones (excluding diaryl/α,β-unsaturated/α-hetero) is 1. The molecule has 0 aliphatic carbocycles. The van der Waals surface area contributed by atoms with E-state index in [1.54, 1.807) is 6.92 Å². The zero-order valence-electron chi connectivity index (χ0n) is 21.9. The maximum atomic E-state index is 13.2. The van der Waals surface area contributed by atoms with Crippen LogP contribution >= 0.6 is 0 Å². The highest BCUT2D eigenvalue weighted by molar-refractivity contribution is 5.87. The number of carboxylic acids is 1. The van der Waals surface area contributed by atoms with Crippen molar-refractivity contribution in [3.63, 3.8) is 0 Å². The summed E-state index contributed by atoms with van der Waals surface area (Å²) in [6.45, 7) is 18.1. The summed E-state index contributed by atoms with van der Waals surface area (Å²) in [5.41, 5.74) is -1.92. The second-order valence-electron chi connectivity index (χ2n) is 11.7. The van der Waals surface area contributed by atoms with Gasteiger partial charge < -0.3 is 15.3 Å². The largest absolute Gasteiger partial charge is 0.480 e. The zero-order valence-corrected chi connectivity index (χ0v) is 21.9. The maximum absolute atomic E-state index is 13.2. The molecular weight excluding hydrogens is 392 g/mol. The fraction of sp³-hybridized carbons (Fsp3) is 0.880. The van der Waals surface area contributed by atoms with Crippen LogP contribution in [0.5, 0.6) is 0 Å². The molecule has 6 heteroatoms. The van der Waals surface area contributed by atoms with Crippen molar-refractivity contribution in [2.24, 2.45) is 21.7 Å². The normalized spacial score (nSPS) is 17.5. The Kier molecular flexibility index (Phi) is 10.4. The van der Waals surface area contributed by atoms with Gasteiger partial charge >= 0.3 is 5.97 Å². The number of rotatable bonds is 14. The van der Waals surface area contributed by atoms with Crippen LogP contribution in [-0.4, -0.2) is 54.3 Å². The first-order valence-electron chi connectivity index (χ1n) is 11.6. The lowest BCUT2D eigenvalue weighted by atomic mass is 9.66. The summed E-state index contributed by atoms with van der Waals surface area (Å²) < 4.78 is 0. The Balaban J connectivity index is 5.67. The van der Waals surface area contributed by atoms with E-state index >= 15 is 0 Å². The first-order chi connectivity index (χ1) is 13.9. The molecule has 2 unspecified atom stereocenters. The fourth-order valence-electron chi connectivity index (χ4n) is 4.24. The van der Waals surface area contributed by atoms with E-state index < -0.39 is 28.3 Å². The minimum atomic E-state index is -0.999.